The highest BCUT2D eigenvalue weighted by Crippen LogP contribution is 2.34. The Labute approximate surface area is 169 Å². The predicted octanol–water partition coefficient (Wildman–Crippen LogP) is 2.59. The number of ether oxygens (including phenoxy) is 1. The maximum Gasteiger partial charge on any atom is 0.293 e. The first-order chi connectivity index (χ1) is 13.7. The third-order valence-electron chi connectivity index (χ3n) is 4.88. The summed E-state index contributed by atoms with van der Waals surface area (Å²) < 4.78 is 33.3. The Morgan fingerprint density at radius 2 is 1.97 bits per heavy atom. The third-order valence-corrected chi connectivity index (χ3v) is 6.24. The Morgan fingerprint density at radius 3 is 2.66 bits per heavy atom. The molecular formula is C19H24N4O5S. The van der Waals surface area contributed by atoms with Crippen LogP contribution in [0.2, 0.25) is 0 Å². The van der Waals surface area contributed by atoms with Crippen molar-refractivity contribution in [1.29, 1.82) is 0 Å². The highest BCUT2D eigenvalue weighted by atomic mass is 32.2. The Balaban J connectivity index is 1.98. The number of nitro groups is 1. The fourth-order valence-corrected chi connectivity index (χ4v) is 4.44. The van der Waals surface area contributed by atoms with E-state index in [1.165, 1.54) is 19.2 Å². The summed E-state index contributed by atoms with van der Waals surface area (Å²) in [4.78, 5) is 12.9. The third kappa shape index (κ3) is 4.43. The van der Waals surface area contributed by atoms with Crippen LogP contribution in [0.25, 0.3) is 0 Å². The molecule has 10 heteroatoms. The predicted molar refractivity (Wildman–Crippen MR) is 111 cm³/mol. The lowest BCUT2D eigenvalue weighted by atomic mass is 10.1. The summed E-state index contributed by atoms with van der Waals surface area (Å²) in [7, 11) is -2.61. The van der Waals surface area contributed by atoms with Crippen molar-refractivity contribution < 1.29 is 18.1 Å². The largest absolute Gasteiger partial charge is 0.495 e. The Kier molecular flexibility index (Phi) is 5.94. The first-order valence-corrected chi connectivity index (χ1v) is 10.7. The number of rotatable bonds is 6. The van der Waals surface area contributed by atoms with Crippen LogP contribution in [-0.2, 0) is 10.0 Å². The van der Waals surface area contributed by atoms with E-state index in [9.17, 15) is 18.5 Å². The molecule has 1 aliphatic rings. The van der Waals surface area contributed by atoms with Gasteiger partial charge in [0, 0.05) is 31.2 Å². The summed E-state index contributed by atoms with van der Waals surface area (Å²) in [5.74, 6) is 0.353. The molecule has 0 unspecified atom stereocenters. The summed E-state index contributed by atoms with van der Waals surface area (Å²) in [6, 6.07) is 10.8. The van der Waals surface area contributed by atoms with Gasteiger partial charge in [-0.2, -0.15) is 0 Å². The molecule has 0 aliphatic carbocycles. The number of nitro benzene ring substituents is 1. The molecule has 2 aromatic rings. The molecule has 0 saturated carbocycles. The number of anilines is 2. The molecule has 3 rings (SSSR count). The van der Waals surface area contributed by atoms with Crippen LogP contribution in [0.5, 0.6) is 5.75 Å². The quantitative estimate of drug-likeness (QED) is 0.545. The number of benzene rings is 2. The lowest BCUT2D eigenvalue weighted by molar-refractivity contribution is -0.384. The zero-order valence-electron chi connectivity index (χ0n) is 16.5. The van der Waals surface area contributed by atoms with Crippen molar-refractivity contribution in [2.45, 2.75) is 30.8 Å². The number of para-hydroxylation sites is 2. The van der Waals surface area contributed by atoms with Gasteiger partial charge >= 0.3 is 0 Å². The first-order valence-electron chi connectivity index (χ1n) is 9.17. The number of piperazine rings is 1. The average molecular weight is 420 g/mol. The maximum absolute atomic E-state index is 12.8. The normalized spacial score (nSPS) is 19.6. The number of hydrogen-bond donors (Lipinski definition) is 2. The summed E-state index contributed by atoms with van der Waals surface area (Å²) in [6.45, 7) is 5.25. The molecule has 2 aromatic carbocycles. The molecule has 0 radical (unpaired) electrons. The minimum atomic E-state index is -4.04. The van der Waals surface area contributed by atoms with Gasteiger partial charge in [0.1, 0.15) is 11.4 Å². The molecule has 2 N–H and O–H groups in total. The summed E-state index contributed by atoms with van der Waals surface area (Å²) in [6.07, 6.45) is 0. The second kappa shape index (κ2) is 8.26. The van der Waals surface area contributed by atoms with Gasteiger partial charge in [-0.05, 0) is 38.1 Å². The van der Waals surface area contributed by atoms with Crippen molar-refractivity contribution in [3.63, 3.8) is 0 Å². The smallest absolute Gasteiger partial charge is 0.293 e. The van der Waals surface area contributed by atoms with Crippen LogP contribution in [0.3, 0.4) is 0 Å². The molecule has 9 nitrogen and oxygen atoms in total. The topological polar surface area (TPSA) is 114 Å². The maximum atomic E-state index is 12.8. The SMILES string of the molecule is COc1ccccc1NS(=O)(=O)c1ccc(N2C[C@@H](C)NC[C@@H]2C)c([N+](=O)[O-])c1. The van der Waals surface area contributed by atoms with Crippen LogP contribution in [0.15, 0.2) is 47.4 Å². The van der Waals surface area contributed by atoms with Gasteiger partial charge in [0.15, 0.2) is 0 Å². The first kappa shape index (κ1) is 20.9. The molecule has 1 fully saturated rings. The van der Waals surface area contributed by atoms with Crippen molar-refractivity contribution >= 4 is 27.1 Å². The van der Waals surface area contributed by atoms with E-state index in [2.05, 4.69) is 10.0 Å². The molecule has 156 valence electrons. The zero-order valence-corrected chi connectivity index (χ0v) is 17.3. The molecule has 2 atom stereocenters. The van der Waals surface area contributed by atoms with Crippen LogP contribution >= 0.6 is 0 Å². The molecule has 1 saturated heterocycles. The fourth-order valence-electron chi connectivity index (χ4n) is 3.35. The van der Waals surface area contributed by atoms with Gasteiger partial charge in [-0.25, -0.2) is 8.42 Å². The van der Waals surface area contributed by atoms with Crippen LogP contribution in [0, 0.1) is 10.1 Å². The highest BCUT2D eigenvalue weighted by Gasteiger charge is 2.30. The summed E-state index contributed by atoms with van der Waals surface area (Å²) in [5, 5.41) is 15.0. The monoisotopic (exact) mass is 420 g/mol. The average Bonchev–Trinajstić information content (AvgIpc) is 2.69. The van der Waals surface area contributed by atoms with Crippen LogP contribution < -0.4 is 19.7 Å². The van der Waals surface area contributed by atoms with Gasteiger partial charge in [-0.3, -0.25) is 14.8 Å². The van der Waals surface area contributed by atoms with Gasteiger partial charge in [0.05, 0.1) is 22.6 Å². The summed E-state index contributed by atoms with van der Waals surface area (Å²) in [5.41, 5.74) is 0.423. The Bertz CT molecular complexity index is 1010. The molecule has 0 aromatic heterocycles. The van der Waals surface area contributed by atoms with Crippen molar-refractivity contribution in [2.24, 2.45) is 0 Å². The minimum absolute atomic E-state index is 0.0408. The number of nitrogens with one attached hydrogen (secondary N) is 2. The lowest BCUT2D eigenvalue weighted by Gasteiger charge is -2.38. The molecule has 0 spiro atoms. The van der Waals surface area contributed by atoms with Gasteiger partial charge in [-0.1, -0.05) is 12.1 Å². The van der Waals surface area contributed by atoms with E-state index in [-0.39, 0.29) is 28.4 Å². The van der Waals surface area contributed by atoms with Gasteiger partial charge in [0.25, 0.3) is 15.7 Å². The lowest BCUT2D eigenvalue weighted by Crippen LogP contribution is -2.54. The molecule has 29 heavy (non-hydrogen) atoms. The summed E-state index contributed by atoms with van der Waals surface area (Å²) >= 11 is 0. The van der Waals surface area contributed by atoms with Crippen molar-refractivity contribution in [1.82, 2.24) is 5.32 Å². The van der Waals surface area contributed by atoms with Crippen LogP contribution in [0.1, 0.15) is 13.8 Å². The van der Waals surface area contributed by atoms with Crippen LogP contribution in [-0.4, -0.2) is 45.6 Å². The van der Waals surface area contributed by atoms with Gasteiger partial charge in [-0.15, -0.1) is 0 Å². The Hall–Kier alpha value is -2.85. The molecule has 1 aliphatic heterocycles. The van der Waals surface area contributed by atoms with Gasteiger partial charge < -0.3 is 15.0 Å². The standard InChI is InChI=1S/C19H24N4O5S/c1-13-12-22(14(2)11-20-13)17-9-8-15(10-18(17)23(24)25)29(26,27)21-16-6-4-5-7-19(16)28-3/h4-10,13-14,20-21H,11-12H2,1-3H3/t13-,14+/m1/s1. The van der Waals surface area contributed by atoms with Crippen molar-refractivity contribution in [2.75, 3.05) is 29.8 Å². The fraction of sp³-hybridized carbons (Fsp3) is 0.368. The number of nitrogens with zero attached hydrogens (tertiary/aromatic N) is 2. The number of hydrogen-bond acceptors (Lipinski definition) is 7. The molecule has 0 amide bonds. The minimum Gasteiger partial charge on any atom is -0.495 e. The number of methoxy groups -OCH3 is 1. The van der Waals surface area contributed by atoms with Gasteiger partial charge in [0.2, 0.25) is 0 Å². The van der Waals surface area contributed by atoms with E-state index >= 15 is 0 Å². The van der Waals surface area contributed by atoms with E-state index in [1.54, 1.807) is 24.3 Å². The molecule has 1 heterocycles. The molecular weight excluding hydrogens is 396 g/mol. The second-order valence-electron chi connectivity index (χ2n) is 7.02. The Morgan fingerprint density at radius 1 is 1.24 bits per heavy atom. The van der Waals surface area contributed by atoms with Crippen molar-refractivity contribution in [3.8, 4) is 5.75 Å². The highest BCUT2D eigenvalue weighted by molar-refractivity contribution is 7.92. The number of sulfonamides is 1. The van der Waals surface area contributed by atoms with E-state index in [0.29, 0.717) is 24.5 Å². The van der Waals surface area contributed by atoms with Crippen molar-refractivity contribution in [3.05, 3.63) is 52.6 Å². The van der Waals surface area contributed by atoms with Crippen LogP contribution in [0.4, 0.5) is 17.1 Å². The zero-order chi connectivity index (χ0) is 21.2. The van der Waals surface area contributed by atoms with E-state index in [0.717, 1.165) is 6.07 Å². The van der Waals surface area contributed by atoms with E-state index in [1.807, 2.05) is 18.7 Å². The van der Waals surface area contributed by atoms with E-state index < -0.39 is 14.9 Å². The second-order valence-corrected chi connectivity index (χ2v) is 8.71. The van der Waals surface area contributed by atoms with E-state index in [4.69, 9.17) is 4.74 Å². The molecule has 0 bridgehead atoms.